The van der Waals surface area contributed by atoms with E-state index in [1.54, 1.807) is 0 Å². The van der Waals surface area contributed by atoms with Crippen molar-refractivity contribution >= 4 is 39.5 Å². The molecule has 1 aromatic heterocycles. The van der Waals surface area contributed by atoms with Crippen molar-refractivity contribution in [1.29, 1.82) is 5.26 Å². The third kappa shape index (κ3) is 3.36. The van der Waals surface area contributed by atoms with Gasteiger partial charge in [-0.05, 0) is 42.9 Å². The second-order valence-electron chi connectivity index (χ2n) is 6.04. The first-order valence-corrected chi connectivity index (χ1v) is 8.90. The maximum Gasteiger partial charge on any atom is 0.282 e. The number of nitrogens with one attached hydrogen (secondary N) is 1. The van der Waals surface area contributed by atoms with Crippen molar-refractivity contribution in [2.75, 3.05) is 5.32 Å². The molecule has 3 rings (SSSR count). The van der Waals surface area contributed by atoms with E-state index >= 15 is 0 Å². The van der Waals surface area contributed by atoms with Crippen LogP contribution in [0.2, 0.25) is 5.02 Å². The van der Waals surface area contributed by atoms with Crippen LogP contribution in [0.3, 0.4) is 0 Å². The van der Waals surface area contributed by atoms with Gasteiger partial charge in [0.15, 0.2) is 0 Å². The quantitative estimate of drug-likeness (QED) is 0.628. The fraction of sp³-hybridized carbons (Fsp3) is 0.294. The highest BCUT2D eigenvalue weighted by molar-refractivity contribution is 7.16. The molecular formula is C17H14ClN3O3S. The molecule has 2 aromatic rings. The number of thiophene rings is 1. The third-order valence-corrected chi connectivity index (χ3v) is 5.69. The zero-order valence-electron chi connectivity index (χ0n) is 13.3. The van der Waals surface area contributed by atoms with E-state index in [-0.39, 0.29) is 16.3 Å². The van der Waals surface area contributed by atoms with Crippen LogP contribution in [0.1, 0.15) is 39.7 Å². The Balaban J connectivity index is 1.96. The summed E-state index contributed by atoms with van der Waals surface area (Å²) in [5.74, 6) is -0.149. The van der Waals surface area contributed by atoms with Crippen LogP contribution in [0.15, 0.2) is 18.2 Å². The Hall–Kier alpha value is -2.43. The average Bonchev–Trinajstić information content (AvgIpc) is 2.90. The lowest BCUT2D eigenvalue weighted by molar-refractivity contribution is -0.385. The molecule has 1 amide bonds. The molecule has 0 bridgehead atoms. The number of nitro groups is 1. The molecule has 1 aliphatic carbocycles. The van der Waals surface area contributed by atoms with Gasteiger partial charge >= 0.3 is 0 Å². The van der Waals surface area contributed by atoms with E-state index in [0.717, 1.165) is 29.7 Å². The summed E-state index contributed by atoms with van der Waals surface area (Å²) in [5, 5.41) is 24.0. The number of hydrogen-bond acceptors (Lipinski definition) is 5. The molecule has 0 unspecified atom stereocenters. The summed E-state index contributed by atoms with van der Waals surface area (Å²) in [4.78, 5) is 24.2. The van der Waals surface area contributed by atoms with Gasteiger partial charge < -0.3 is 5.32 Å². The highest BCUT2D eigenvalue weighted by atomic mass is 35.5. The molecule has 1 N–H and O–H groups in total. The summed E-state index contributed by atoms with van der Waals surface area (Å²) >= 11 is 7.25. The number of halogens is 1. The molecule has 1 aliphatic rings. The number of nitro benzene ring substituents is 1. The molecule has 128 valence electrons. The Bertz CT molecular complexity index is 917. The van der Waals surface area contributed by atoms with Crippen molar-refractivity contribution in [3.05, 3.63) is 54.9 Å². The summed E-state index contributed by atoms with van der Waals surface area (Å²) in [7, 11) is 0. The minimum Gasteiger partial charge on any atom is -0.312 e. The number of fused-ring (bicyclic) bond motifs is 1. The molecule has 8 heteroatoms. The monoisotopic (exact) mass is 375 g/mol. The standard InChI is InChI=1S/C17H14ClN3O3S/c1-9-2-5-15-11(6-9)13(8-19)17(25-15)20-16(22)12-7-10(18)3-4-14(12)21(23)24/h3-4,7,9H,2,5-6H2,1H3,(H,20,22)/t9-/m0/s1. The fourth-order valence-electron chi connectivity index (χ4n) is 2.98. The molecule has 1 heterocycles. The predicted octanol–water partition coefficient (Wildman–Crippen LogP) is 4.56. The van der Waals surface area contributed by atoms with E-state index in [0.29, 0.717) is 16.5 Å². The Morgan fingerprint density at radius 1 is 1.52 bits per heavy atom. The number of aryl methyl sites for hydroxylation is 1. The Morgan fingerprint density at radius 3 is 2.96 bits per heavy atom. The molecule has 0 radical (unpaired) electrons. The first-order chi connectivity index (χ1) is 11.9. The van der Waals surface area contributed by atoms with Crippen molar-refractivity contribution in [1.82, 2.24) is 0 Å². The molecule has 0 spiro atoms. The summed E-state index contributed by atoms with van der Waals surface area (Å²) in [6.45, 7) is 2.13. The van der Waals surface area contributed by atoms with E-state index in [4.69, 9.17) is 11.6 Å². The Kier molecular flexibility index (Phi) is 4.75. The van der Waals surface area contributed by atoms with Crippen LogP contribution in [-0.2, 0) is 12.8 Å². The first-order valence-electron chi connectivity index (χ1n) is 7.70. The number of carbonyl (C=O) groups excluding carboxylic acids is 1. The fourth-order valence-corrected chi connectivity index (χ4v) is 4.35. The Morgan fingerprint density at radius 2 is 2.28 bits per heavy atom. The second-order valence-corrected chi connectivity index (χ2v) is 7.58. The van der Waals surface area contributed by atoms with Gasteiger partial charge in [-0.2, -0.15) is 5.26 Å². The number of carbonyl (C=O) groups is 1. The van der Waals surface area contributed by atoms with Gasteiger partial charge in [-0.3, -0.25) is 14.9 Å². The van der Waals surface area contributed by atoms with Crippen molar-refractivity contribution in [2.24, 2.45) is 5.92 Å². The predicted molar refractivity (Wildman–Crippen MR) is 96.3 cm³/mol. The third-order valence-electron chi connectivity index (χ3n) is 4.25. The topological polar surface area (TPSA) is 96.0 Å². The van der Waals surface area contributed by atoms with Gasteiger partial charge in [0.05, 0.1) is 10.5 Å². The molecule has 0 aliphatic heterocycles. The SMILES string of the molecule is C[C@H]1CCc2sc(NC(=O)c3cc(Cl)ccc3[N+](=O)[O-])c(C#N)c2C1. The van der Waals surface area contributed by atoms with Crippen LogP contribution >= 0.6 is 22.9 Å². The van der Waals surface area contributed by atoms with Gasteiger partial charge in [0, 0.05) is 16.0 Å². The van der Waals surface area contributed by atoms with E-state index in [9.17, 15) is 20.2 Å². The number of nitriles is 1. The molecule has 6 nitrogen and oxygen atoms in total. The minimum absolute atomic E-state index is 0.124. The number of rotatable bonds is 3. The van der Waals surface area contributed by atoms with E-state index in [1.165, 1.54) is 29.5 Å². The first kappa shape index (κ1) is 17.4. The number of nitrogens with zero attached hydrogens (tertiary/aromatic N) is 2. The Labute approximate surface area is 153 Å². The molecule has 1 atom stereocenters. The van der Waals surface area contributed by atoms with Crippen LogP contribution in [0.25, 0.3) is 0 Å². The maximum absolute atomic E-state index is 12.6. The van der Waals surface area contributed by atoms with Gasteiger partial charge in [0.25, 0.3) is 11.6 Å². The lowest BCUT2D eigenvalue weighted by atomic mass is 9.88. The van der Waals surface area contributed by atoms with E-state index in [1.807, 2.05) is 0 Å². The summed E-state index contributed by atoms with van der Waals surface area (Å²) in [6.07, 6.45) is 2.73. The zero-order valence-corrected chi connectivity index (χ0v) is 14.9. The van der Waals surface area contributed by atoms with Gasteiger partial charge in [-0.15, -0.1) is 11.3 Å². The van der Waals surface area contributed by atoms with E-state index < -0.39 is 10.8 Å². The second kappa shape index (κ2) is 6.82. The van der Waals surface area contributed by atoms with Gasteiger partial charge in [0.1, 0.15) is 16.6 Å². The number of anilines is 1. The van der Waals surface area contributed by atoms with Gasteiger partial charge in [-0.25, -0.2) is 0 Å². The minimum atomic E-state index is -0.641. The van der Waals surface area contributed by atoms with Crippen molar-refractivity contribution in [3.63, 3.8) is 0 Å². The summed E-state index contributed by atoms with van der Waals surface area (Å²) < 4.78 is 0. The molecule has 0 fully saturated rings. The van der Waals surface area contributed by atoms with Crippen molar-refractivity contribution in [2.45, 2.75) is 26.2 Å². The van der Waals surface area contributed by atoms with Crippen molar-refractivity contribution in [3.8, 4) is 6.07 Å². The van der Waals surface area contributed by atoms with E-state index in [2.05, 4.69) is 18.3 Å². The zero-order chi connectivity index (χ0) is 18.1. The lowest BCUT2D eigenvalue weighted by Gasteiger charge is -2.17. The highest BCUT2D eigenvalue weighted by Crippen LogP contribution is 2.39. The number of hydrogen-bond donors (Lipinski definition) is 1. The maximum atomic E-state index is 12.6. The van der Waals surface area contributed by atoms with Crippen LogP contribution in [-0.4, -0.2) is 10.8 Å². The summed E-state index contributed by atoms with van der Waals surface area (Å²) in [6, 6.07) is 5.99. The van der Waals surface area contributed by atoms with Crippen LogP contribution in [0, 0.1) is 27.4 Å². The molecule has 1 aromatic carbocycles. The van der Waals surface area contributed by atoms with Gasteiger partial charge in [-0.1, -0.05) is 18.5 Å². The smallest absolute Gasteiger partial charge is 0.282 e. The average molecular weight is 376 g/mol. The van der Waals surface area contributed by atoms with Gasteiger partial charge in [0.2, 0.25) is 0 Å². The molecule has 0 saturated heterocycles. The van der Waals surface area contributed by atoms with Crippen LogP contribution in [0.5, 0.6) is 0 Å². The number of amides is 1. The van der Waals surface area contributed by atoms with Crippen molar-refractivity contribution < 1.29 is 9.72 Å². The lowest BCUT2D eigenvalue weighted by Crippen LogP contribution is -2.14. The molecule has 0 saturated carbocycles. The molecular weight excluding hydrogens is 362 g/mol. The van der Waals surface area contributed by atoms with Crippen LogP contribution in [0.4, 0.5) is 10.7 Å². The van der Waals surface area contributed by atoms with Crippen LogP contribution < -0.4 is 5.32 Å². The number of benzene rings is 1. The highest BCUT2D eigenvalue weighted by Gasteiger charge is 2.27. The summed E-state index contributed by atoms with van der Waals surface area (Å²) in [5.41, 5.74) is 1.00. The molecule has 25 heavy (non-hydrogen) atoms. The normalized spacial score (nSPS) is 16.0. The largest absolute Gasteiger partial charge is 0.312 e.